The Morgan fingerprint density at radius 1 is 1.21 bits per heavy atom. The number of carbonyl (C=O) groups excluding carboxylic acids is 3. The van der Waals surface area contributed by atoms with Crippen LogP contribution in [0.5, 0.6) is 0 Å². The number of morpholine rings is 1. The number of ether oxygens (including phenoxy) is 3. The number of methoxy groups -OCH3 is 1. The van der Waals surface area contributed by atoms with Gasteiger partial charge in [-0.3, -0.25) is 4.79 Å². The number of likely N-dealkylation sites (N-methyl/N-ethyl adjacent to an activating group) is 1. The first-order valence-corrected chi connectivity index (χ1v) is 9.40. The first-order chi connectivity index (χ1) is 13.6. The topological polar surface area (TPSA) is 97.4 Å². The Morgan fingerprint density at radius 3 is 2.45 bits per heavy atom. The van der Waals surface area contributed by atoms with Gasteiger partial charge in [0.05, 0.1) is 31.6 Å². The first-order valence-electron chi connectivity index (χ1n) is 9.40. The Labute approximate surface area is 170 Å². The number of rotatable bonds is 5. The van der Waals surface area contributed by atoms with E-state index in [1.54, 1.807) is 32.9 Å². The Morgan fingerprint density at radius 2 is 1.86 bits per heavy atom. The van der Waals surface area contributed by atoms with Crippen LogP contribution in [-0.2, 0) is 19.0 Å². The molecule has 1 aliphatic rings. The second-order valence-corrected chi connectivity index (χ2v) is 7.71. The Kier molecular flexibility index (Phi) is 7.44. The quantitative estimate of drug-likeness (QED) is 0.747. The molecule has 0 spiro atoms. The Hall–Kier alpha value is -2.81. The van der Waals surface area contributed by atoms with E-state index >= 15 is 0 Å². The smallest absolute Gasteiger partial charge is 0.410 e. The fourth-order valence-corrected chi connectivity index (χ4v) is 2.75. The molecule has 1 fully saturated rings. The van der Waals surface area contributed by atoms with E-state index in [1.807, 2.05) is 6.07 Å². The Balaban J connectivity index is 2.11. The summed E-state index contributed by atoms with van der Waals surface area (Å²) in [7, 11) is 2.75. The second-order valence-electron chi connectivity index (χ2n) is 7.71. The molecule has 0 aliphatic carbocycles. The summed E-state index contributed by atoms with van der Waals surface area (Å²) >= 11 is 0. The van der Waals surface area contributed by atoms with Crippen LogP contribution in [-0.4, -0.2) is 75.5 Å². The average molecular weight is 407 g/mol. The van der Waals surface area contributed by atoms with E-state index in [0.717, 1.165) is 5.69 Å². The van der Waals surface area contributed by atoms with Crippen molar-refractivity contribution >= 4 is 29.3 Å². The molecule has 2 amide bonds. The summed E-state index contributed by atoms with van der Waals surface area (Å²) in [4.78, 5) is 39.9. The van der Waals surface area contributed by atoms with Crippen molar-refractivity contribution in [3.63, 3.8) is 0 Å². The van der Waals surface area contributed by atoms with Gasteiger partial charge in [0.1, 0.15) is 12.1 Å². The molecule has 1 aromatic rings. The number of amides is 2. The molecule has 0 atom stereocenters. The molecule has 1 N–H and O–H groups in total. The fraction of sp³-hybridized carbons (Fsp3) is 0.550. The minimum atomic E-state index is -0.658. The fourth-order valence-electron chi connectivity index (χ4n) is 2.75. The monoisotopic (exact) mass is 407 g/mol. The van der Waals surface area contributed by atoms with Gasteiger partial charge in [-0.25, -0.2) is 9.59 Å². The zero-order chi connectivity index (χ0) is 21.6. The standard InChI is InChI=1S/C20H29N3O6/c1-20(2,3)29-19(26)22(4)13-17(24)21-16-7-6-14(12-15(16)18(25)27-5)23-8-10-28-11-9-23/h6-7,12H,8-11,13H2,1-5H3,(H,21,24). The van der Waals surface area contributed by atoms with Crippen LogP contribution in [0.2, 0.25) is 0 Å². The van der Waals surface area contributed by atoms with Crippen LogP contribution in [0.3, 0.4) is 0 Å². The number of hydrogen-bond acceptors (Lipinski definition) is 7. The highest BCUT2D eigenvalue weighted by molar-refractivity contribution is 6.03. The molecule has 2 rings (SSSR count). The Bertz CT molecular complexity index is 753. The van der Waals surface area contributed by atoms with Crippen LogP contribution in [0, 0.1) is 0 Å². The summed E-state index contributed by atoms with van der Waals surface area (Å²) in [5.41, 5.74) is 0.744. The molecule has 0 bridgehead atoms. The summed E-state index contributed by atoms with van der Waals surface area (Å²) in [6.45, 7) is 7.68. The molecule has 9 heteroatoms. The summed E-state index contributed by atoms with van der Waals surface area (Å²) < 4.78 is 15.4. The summed E-state index contributed by atoms with van der Waals surface area (Å²) in [6, 6.07) is 5.16. The maximum atomic E-state index is 12.4. The minimum Gasteiger partial charge on any atom is -0.465 e. The molecule has 0 aromatic heterocycles. The first kappa shape index (κ1) is 22.5. The van der Waals surface area contributed by atoms with Gasteiger partial charge in [-0.1, -0.05) is 0 Å². The van der Waals surface area contributed by atoms with Crippen molar-refractivity contribution in [2.75, 3.05) is 57.2 Å². The van der Waals surface area contributed by atoms with Crippen molar-refractivity contribution < 1.29 is 28.6 Å². The molecule has 0 unspecified atom stereocenters. The lowest BCUT2D eigenvalue weighted by Gasteiger charge is -2.29. The van der Waals surface area contributed by atoms with Gasteiger partial charge in [0.15, 0.2) is 0 Å². The predicted octanol–water partition coefficient (Wildman–Crippen LogP) is 2.12. The molecule has 0 radical (unpaired) electrons. The van der Waals surface area contributed by atoms with E-state index < -0.39 is 23.6 Å². The van der Waals surface area contributed by atoms with Crippen molar-refractivity contribution in [2.24, 2.45) is 0 Å². The van der Waals surface area contributed by atoms with E-state index in [9.17, 15) is 14.4 Å². The minimum absolute atomic E-state index is 0.221. The van der Waals surface area contributed by atoms with Gasteiger partial charge in [0, 0.05) is 25.8 Å². The van der Waals surface area contributed by atoms with Gasteiger partial charge in [-0.2, -0.15) is 0 Å². The summed E-state index contributed by atoms with van der Waals surface area (Å²) in [6.07, 6.45) is -0.608. The van der Waals surface area contributed by atoms with Crippen LogP contribution in [0.1, 0.15) is 31.1 Å². The van der Waals surface area contributed by atoms with E-state index in [-0.39, 0.29) is 12.1 Å². The van der Waals surface area contributed by atoms with Crippen molar-refractivity contribution in [1.29, 1.82) is 0 Å². The highest BCUT2D eigenvalue weighted by Crippen LogP contribution is 2.25. The van der Waals surface area contributed by atoms with Crippen molar-refractivity contribution in [1.82, 2.24) is 4.90 Å². The van der Waals surface area contributed by atoms with Crippen LogP contribution in [0.4, 0.5) is 16.2 Å². The van der Waals surface area contributed by atoms with Gasteiger partial charge in [0.2, 0.25) is 5.91 Å². The highest BCUT2D eigenvalue weighted by atomic mass is 16.6. The molecular formula is C20H29N3O6. The van der Waals surface area contributed by atoms with Gasteiger partial charge in [-0.15, -0.1) is 0 Å². The van der Waals surface area contributed by atoms with Crippen LogP contribution in [0.25, 0.3) is 0 Å². The molecule has 1 aliphatic heterocycles. The van der Waals surface area contributed by atoms with Gasteiger partial charge in [0.25, 0.3) is 0 Å². The van der Waals surface area contributed by atoms with Crippen molar-refractivity contribution in [3.8, 4) is 0 Å². The predicted molar refractivity (Wildman–Crippen MR) is 108 cm³/mol. The normalized spacial score (nSPS) is 14.2. The van der Waals surface area contributed by atoms with Gasteiger partial charge < -0.3 is 29.3 Å². The third kappa shape index (κ3) is 6.63. The van der Waals surface area contributed by atoms with Crippen LogP contribution >= 0.6 is 0 Å². The lowest BCUT2D eigenvalue weighted by molar-refractivity contribution is -0.117. The molecule has 160 valence electrons. The third-order valence-electron chi connectivity index (χ3n) is 4.14. The van der Waals surface area contributed by atoms with Crippen LogP contribution in [0.15, 0.2) is 18.2 Å². The SMILES string of the molecule is COC(=O)c1cc(N2CCOCC2)ccc1NC(=O)CN(C)C(=O)OC(C)(C)C. The summed E-state index contributed by atoms with van der Waals surface area (Å²) in [5, 5.41) is 2.67. The molecular weight excluding hydrogens is 378 g/mol. The van der Waals surface area contributed by atoms with E-state index in [0.29, 0.717) is 32.0 Å². The number of nitrogens with one attached hydrogen (secondary N) is 1. The molecule has 29 heavy (non-hydrogen) atoms. The molecule has 9 nitrogen and oxygen atoms in total. The van der Waals surface area contributed by atoms with E-state index in [1.165, 1.54) is 19.1 Å². The number of carbonyl (C=O) groups is 3. The summed E-state index contributed by atoms with van der Waals surface area (Å²) in [5.74, 6) is -1.02. The van der Waals surface area contributed by atoms with Gasteiger partial charge >= 0.3 is 12.1 Å². The zero-order valence-electron chi connectivity index (χ0n) is 17.6. The molecule has 1 saturated heterocycles. The number of nitrogens with zero attached hydrogens (tertiary/aromatic N) is 2. The highest BCUT2D eigenvalue weighted by Gasteiger charge is 2.23. The molecule has 0 saturated carbocycles. The third-order valence-corrected chi connectivity index (χ3v) is 4.14. The number of hydrogen-bond donors (Lipinski definition) is 1. The lowest BCUT2D eigenvalue weighted by Crippen LogP contribution is -2.39. The van der Waals surface area contributed by atoms with Crippen molar-refractivity contribution in [2.45, 2.75) is 26.4 Å². The zero-order valence-corrected chi connectivity index (χ0v) is 17.6. The number of esters is 1. The second kappa shape index (κ2) is 9.60. The van der Waals surface area contributed by atoms with Crippen molar-refractivity contribution in [3.05, 3.63) is 23.8 Å². The number of anilines is 2. The van der Waals surface area contributed by atoms with Crippen LogP contribution < -0.4 is 10.2 Å². The van der Waals surface area contributed by atoms with E-state index in [2.05, 4.69) is 10.2 Å². The van der Waals surface area contributed by atoms with Gasteiger partial charge in [-0.05, 0) is 39.0 Å². The number of benzene rings is 1. The van der Waals surface area contributed by atoms with E-state index in [4.69, 9.17) is 14.2 Å². The molecule has 1 heterocycles. The average Bonchev–Trinajstić information content (AvgIpc) is 2.67. The molecule has 1 aromatic carbocycles. The lowest BCUT2D eigenvalue weighted by atomic mass is 10.1. The maximum Gasteiger partial charge on any atom is 0.410 e. The largest absolute Gasteiger partial charge is 0.465 e. The maximum absolute atomic E-state index is 12.4.